The smallest absolute Gasteiger partial charge is 0.229 e. The number of carbonyl (C=O) groups excluding carboxylic acids is 1. The zero-order chi connectivity index (χ0) is 18.8. The molecule has 1 atom stereocenters. The predicted octanol–water partition coefficient (Wildman–Crippen LogP) is 2.23. The van der Waals surface area contributed by atoms with Crippen molar-refractivity contribution in [1.29, 1.82) is 0 Å². The van der Waals surface area contributed by atoms with E-state index in [1.54, 1.807) is 0 Å². The second-order valence-electron chi connectivity index (χ2n) is 7.13. The molecular formula is C18H25FN2O4S. The number of carbonyl (C=O) groups is 1. The Labute approximate surface area is 153 Å². The summed E-state index contributed by atoms with van der Waals surface area (Å²) < 4.78 is 45.1. The lowest BCUT2D eigenvalue weighted by atomic mass is 9.72. The van der Waals surface area contributed by atoms with E-state index in [0.717, 1.165) is 0 Å². The molecule has 0 aliphatic carbocycles. The number of hydrogen-bond acceptors (Lipinski definition) is 4. The highest BCUT2D eigenvalue weighted by Crippen LogP contribution is 2.45. The van der Waals surface area contributed by atoms with E-state index in [9.17, 15) is 17.6 Å². The van der Waals surface area contributed by atoms with Crippen molar-refractivity contribution in [2.24, 2.45) is 11.3 Å². The lowest BCUT2D eigenvalue weighted by molar-refractivity contribution is -0.124. The third kappa shape index (κ3) is 3.92. The van der Waals surface area contributed by atoms with Crippen LogP contribution in [0.25, 0.3) is 0 Å². The molecule has 2 aliphatic heterocycles. The zero-order valence-electron chi connectivity index (χ0n) is 14.9. The zero-order valence-corrected chi connectivity index (χ0v) is 15.7. The van der Waals surface area contributed by atoms with Crippen molar-refractivity contribution in [3.63, 3.8) is 0 Å². The number of ether oxygens (including phenoxy) is 1. The van der Waals surface area contributed by atoms with Crippen molar-refractivity contribution in [1.82, 2.24) is 4.31 Å². The number of amides is 1. The van der Waals surface area contributed by atoms with E-state index >= 15 is 0 Å². The third-order valence-corrected chi connectivity index (χ3v) is 7.38. The summed E-state index contributed by atoms with van der Waals surface area (Å²) in [5.74, 6) is -0.941. The van der Waals surface area contributed by atoms with E-state index < -0.39 is 21.4 Å². The van der Waals surface area contributed by atoms with E-state index in [2.05, 4.69) is 5.32 Å². The molecule has 26 heavy (non-hydrogen) atoms. The van der Waals surface area contributed by atoms with Crippen LogP contribution in [0.4, 0.5) is 10.1 Å². The average molecular weight is 384 g/mol. The molecule has 0 saturated carbocycles. The molecule has 0 bridgehead atoms. The monoisotopic (exact) mass is 384 g/mol. The molecule has 3 rings (SSSR count). The molecule has 1 aromatic carbocycles. The van der Waals surface area contributed by atoms with Gasteiger partial charge in [-0.15, -0.1) is 0 Å². The van der Waals surface area contributed by atoms with Gasteiger partial charge in [0.15, 0.2) is 0 Å². The van der Waals surface area contributed by atoms with Gasteiger partial charge in [-0.1, -0.05) is 6.92 Å². The second kappa shape index (κ2) is 7.62. The minimum atomic E-state index is -3.37. The first-order chi connectivity index (χ1) is 12.4. The van der Waals surface area contributed by atoms with Crippen molar-refractivity contribution in [2.45, 2.75) is 26.2 Å². The van der Waals surface area contributed by atoms with Crippen LogP contribution < -0.4 is 5.32 Å². The first-order valence-electron chi connectivity index (χ1n) is 8.98. The van der Waals surface area contributed by atoms with Gasteiger partial charge in [0.1, 0.15) is 5.82 Å². The van der Waals surface area contributed by atoms with Crippen LogP contribution in [-0.4, -0.2) is 50.7 Å². The minimum absolute atomic E-state index is 0.0892. The Morgan fingerprint density at radius 2 is 1.96 bits per heavy atom. The molecule has 2 aliphatic rings. The molecule has 0 aromatic heterocycles. The highest BCUT2D eigenvalue weighted by Gasteiger charge is 2.53. The largest absolute Gasteiger partial charge is 0.381 e. The molecule has 1 aromatic rings. The molecule has 1 unspecified atom stereocenters. The Morgan fingerprint density at radius 1 is 1.31 bits per heavy atom. The Bertz CT molecular complexity index is 745. The molecule has 2 heterocycles. The van der Waals surface area contributed by atoms with Crippen molar-refractivity contribution < 1.29 is 22.3 Å². The summed E-state index contributed by atoms with van der Waals surface area (Å²) in [6, 6.07) is 5.58. The van der Waals surface area contributed by atoms with Gasteiger partial charge in [-0.05, 0) is 43.5 Å². The Balaban J connectivity index is 1.82. The van der Waals surface area contributed by atoms with Crippen LogP contribution in [0.2, 0.25) is 0 Å². The fourth-order valence-corrected chi connectivity index (χ4v) is 5.53. The maximum atomic E-state index is 13.1. The molecule has 2 saturated heterocycles. The first kappa shape index (κ1) is 19.3. The van der Waals surface area contributed by atoms with Crippen LogP contribution in [0.3, 0.4) is 0 Å². The van der Waals surface area contributed by atoms with Crippen LogP contribution in [0.1, 0.15) is 26.2 Å². The van der Waals surface area contributed by atoms with Crippen LogP contribution in [0.15, 0.2) is 24.3 Å². The molecule has 6 nitrogen and oxygen atoms in total. The van der Waals surface area contributed by atoms with Crippen molar-refractivity contribution in [3.8, 4) is 0 Å². The second-order valence-corrected chi connectivity index (χ2v) is 9.22. The van der Waals surface area contributed by atoms with E-state index in [4.69, 9.17) is 4.74 Å². The molecule has 144 valence electrons. The topological polar surface area (TPSA) is 75.7 Å². The van der Waals surface area contributed by atoms with Crippen molar-refractivity contribution >= 4 is 21.6 Å². The Morgan fingerprint density at radius 3 is 2.58 bits per heavy atom. The van der Waals surface area contributed by atoms with E-state index in [1.807, 2.05) is 6.92 Å². The standard InChI is InChI=1S/C18H25FN2O4S/c1-2-11-26(23,24)21-12-16(18(13-21)7-9-25-10-8-18)17(22)20-15-5-3-14(19)4-6-15/h3-6,16H,2,7-13H2,1H3,(H,20,22). The highest BCUT2D eigenvalue weighted by molar-refractivity contribution is 7.89. The van der Waals surface area contributed by atoms with Gasteiger partial charge in [-0.2, -0.15) is 0 Å². The number of benzene rings is 1. The fraction of sp³-hybridized carbons (Fsp3) is 0.611. The first-order valence-corrected chi connectivity index (χ1v) is 10.6. The van der Waals surface area contributed by atoms with Crippen molar-refractivity contribution in [3.05, 3.63) is 30.1 Å². The molecule has 1 spiro atoms. The number of halogens is 1. The Kier molecular flexibility index (Phi) is 5.64. The maximum Gasteiger partial charge on any atom is 0.229 e. The van der Waals surface area contributed by atoms with Crippen LogP contribution in [0.5, 0.6) is 0 Å². The van der Waals surface area contributed by atoms with Gasteiger partial charge < -0.3 is 10.1 Å². The summed E-state index contributed by atoms with van der Waals surface area (Å²) in [7, 11) is -3.37. The molecule has 0 radical (unpaired) electrons. The number of anilines is 1. The number of nitrogens with one attached hydrogen (secondary N) is 1. The van der Waals surface area contributed by atoms with Gasteiger partial charge in [-0.3, -0.25) is 4.79 Å². The molecule has 8 heteroatoms. The predicted molar refractivity (Wildman–Crippen MR) is 96.7 cm³/mol. The normalized spacial score (nSPS) is 23.2. The van der Waals surface area contributed by atoms with E-state index in [1.165, 1.54) is 28.6 Å². The fourth-order valence-electron chi connectivity index (χ4n) is 3.93. The SMILES string of the molecule is CCCS(=O)(=O)N1CC(C(=O)Nc2ccc(F)cc2)C2(CCOCC2)C1. The Hall–Kier alpha value is -1.51. The molecule has 2 fully saturated rings. The summed E-state index contributed by atoms with van der Waals surface area (Å²) >= 11 is 0. The van der Waals surface area contributed by atoms with E-state index in [-0.39, 0.29) is 24.0 Å². The molecule has 1 amide bonds. The van der Waals surface area contributed by atoms with Gasteiger partial charge in [0.2, 0.25) is 15.9 Å². The minimum Gasteiger partial charge on any atom is -0.381 e. The molecular weight excluding hydrogens is 359 g/mol. The quantitative estimate of drug-likeness (QED) is 0.845. The summed E-state index contributed by atoms with van der Waals surface area (Å²) in [6.45, 7) is 3.44. The van der Waals surface area contributed by atoms with Gasteiger partial charge in [-0.25, -0.2) is 17.1 Å². The van der Waals surface area contributed by atoms with Crippen LogP contribution >= 0.6 is 0 Å². The maximum absolute atomic E-state index is 13.1. The summed E-state index contributed by atoms with van der Waals surface area (Å²) in [5, 5.41) is 2.82. The highest BCUT2D eigenvalue weighted by atomic mass is 32.2. The number of sulfonamides is 1. The van der Waals surface area contributed by atoms with Crippen LogP contribution in [-0.2, 0) is 19.6 Å². The summed E-state index contributed by atoms with van der Waals surface area (Å²) in [6.07, 6.45) is 1.86. The number of rotatable bonds is 5. The average Bonchev–Trinajstić information content (AvgIpc) is 2.97. The van der Waals surface area contributed by atoms with Gasteiger partial charge in [0, 0.05) is 37.4 Å². The number of nitrogens with zero attached hydrogens (tertiary/aromatic N) is 1. The van der Waals surface area contributed by atoms with Gasteiger partial charge in [0.25, 0.3) is 0 Å². The molecule has 1 N–H and O–H groups in total. The lowest BCUT2D eigenvalue weighted by Gasteiger charge is -2.37. The van der Waals surface area contributed by atoms with E-state index in [0.29, 0.717) is 44.7 Å². The van der Waals surface area contributed by atoms with Crippen LogP contribution in [0, 0.1) is 17.2 Å². The summed E-state index contributed by atoms with van der Waals surface area (Å²) in [4.78, 5) is 12.9. The lowest BCUT2D eigenvalue weighted by Crippen LogP contribution is -2.42. The third-order valence-electron chi connectivity index (χ3n) is 5.39. The van der Waals surface area contributed by atoms with Gasteiger partial charge >= 0.3 is 0 Å². The summed E-state index contributed by atoms with van der Waals surface area (Å²) in [5.41, 5.74) is 0.108. The van der Waals surface area contributed by atoms with Gasteiger partial charge in [0.05, 0.1) is 11.7 Å². The number of hydrogen-bond donors (Lipinski definition) is 1. The van der Waals surface area contributed by atoms with Crippen molar-refractivity contribution in [2.75, 3.05) is 37.4 Å².